The lowest BCUT2D eigenvalue weighted by atomic mass is 10.0. The van der Waals surface area contributed by atoms with Crippen molar-refractivity contribution in [2.24, 2.45) is 0 Å². The van der Waals surface area contributed by atoms with E-state index in [0.717, 1.165) is 0 Å². The van der Waals surface area contributed by atoms with E-state index in [2.05, 4.69) is 15.5 Å². The van der Waals surface area contributed by atoms with E-state index in [-0.39, 0.29) is 11.3 Å². The zero-order valence-corrected chi connectivity index (χ0v) is 10.7. The third-order valence-corrected chi connectivity index (χ3v) is 2.99. The van der Waals surface area contributed by atoms with Gasteiger partial charge in [-0.15, -0.1) is 5.10 Å². The van der Waals surface area contributed by atoms with Crippen molar-refractivity contribution < 1.29 is 15.0 Å². The molecule has 0 fully saturated rings. The molecule has 3 rings (SSSR count). The van der Waals surface area contributed by atoms with Gasteiger partial charge < -0.3 is 10.2 Å². The van der Waals surface area contributed by atoms with E-state index < -0.39 is 5.97 Å². The Hall–Kier alpha value is -3.22. The maximum Gasteiger partial charge on any atom is 0.335 e. The van der Waals surface area contributed by atoms with Crippen LogP contribution in [-0.4, -0.2) is 36.4 Å². The average Bonchev–Trinajstić information content (AvgIpc) is 3.01. The van der Waals surface area contributed by atoms with Crippen LogP contribution in [0.3, 0.4) is 0 Å². The van der Waals surface area contributed by atoms with Crippen molar-refractivity contribution in [2.75, 3.05) is 0 Å². The van der Waals surface area contributed by atoms with Gasteiger partial charge in [-0.3, -0.25) is 0 Å². The maximum atomic E-state index is 11.3. The number of aromatic nitrogens is 4. The van der Waals surface area contributed by atoms with Gasteiger partial charge in [0.25, 0.3) is 0 Å². The molecule has 0 saturated carbocycles. The quantitative estimate of drug-likeness (QED) is 0.758. The maximum absolute atomic E-state index is 11.3. The molecule has 0 bridgehead atoms. The molecule has 3 aromatic rings. The first-order valence-electron chi connectivity index (χ1n) is 6.05. The number of tetrazole rings is 1. The summed E-state index contributed by atoms with van der Waals surface area (Å²) in [6.45, 7) is 0. The summed E-state index contributed by atoms with van der Waals surface area (Å²) in [5, 5.41) is 29.9. The summed E-state index contributed by atoms with van der Waals surface area (Å²) in [7, 11) is 0. The second kappa shape index (κ2) is 5.04. The Morgan fingerprint density at radius 2 is 1.95 bits per heavy atom. The second-order valence-corrected chi connectivity index (χ2v) is 4.35. The lowest BCUT2D eigenvalue weighted by molar-refractivity contribution is 0.0697. The molecule has 0 aliphatic carbocycles. The summed E-state index contributed by atoms with van der Waals surface area (Å²) in [5.41, 5.74) is 1.69. The second-order valence-electron chi connectivity index (χ2n) is 4.35. The van der Waals surface area contributed by atoms with E-state index in [4.69, 9.17) is 0 Å². The number of carboxylic acid groups (broad SMARTS) is 1. The lowest BCUT2D eigenvalue weighted by Gasteiger charge is -2.08. The van der Waals surface area contributed by atoms with Crippen LogP contribution in [0.15, 0.2) is 48.8 Å². The molecule has 1 aromatic heterocycles. The Balaban J connectivity index is 2.21. The Kier molecular flexibility index (Phi) is 3.07. The van der Waals surface area contributed by atoms with Crippen LogP contribution in [0.1, 0.15) is 10.4 Å². The summed E-state index contributed by atoms with van der Waals surface area (Å²) >= 11 is 0. The van der Waals surface area contributed by atoms with Gasteiger partial charge in [-0.2, -0.15) is 0 Å². The Labute approximate surface area is 119 Å². The molecule has 0 unspecified atom stereocenters. The topological polar surface area (TPSA) is 101 Å². The number of hydrogen-bond acceptors (Lipinski definition) is 5. The highest BCUT2D eigenvalue weighted by molar-refractivity contribution is 5.91. The van der Waals surface area contributed by atoms with Crippen LogP contribution in [0.4, 0.5) is 0 Å². The van der Waals surface area contributed by atoms with Crippen molar-refractivity contribution in [3.8, 4) is 22.6 Å². The number of rotatable bonds is 3. The highest BCUT2D eigenvalue weighted by Crippen LogP contribution is 2.30. The number of phenolic OH excluding ortho intramolecular Hbond substituents is 1. The largest absolute Gasteiger partial charge is 0.507 e. The van der Waals surface area contributed by atoms with Crippen LogP contribution < -0.4 is 0 Å². The molecular weight excluding hydrogens is 272 g/mol. The number of nitrogens with zero attached hydrogens (tertiary/aromatic N) is 4. The van der Waals surface area contributed by atoms with Crippen molar-refractivity contribution >= 4 is 5.97 Å². The number of aromatic hydroxyl groups is 1. The summed E-state index contributed by atoms with van der Waals surface area (Å²) in [6.07, 6.45) is 1.37. The van der Waals surface area contributed by atoms with Gasteiger partial charge in [0.1, 0.15) is 12.1 Å². The van der Waals surface area contributed by atoms with Gasteiger partial charge in [0.2, 0.25) is 0 Å². The average molecular weight is 282 g/mol. The van der Waals surface area contributed by atoms with Gasteiger partial charge in [-0.1, -0.05) is 18.2 Å². The number of aromatic carboxylic acids is 1. The minimum Gasteiger partial charge on any atom is -0.507 e. The third-order valence-electron chi connectivity index (χ3n) is 2.99. The van der Waals surface area contributed by atoms with Crippen molar-refractivity contribution in [1.29, 1.82) is 0 Å². The molecule has 7 heteroatoms. The van der Waals surface area contributed by atoms with Crippen molar-refractivity contribution in [1.82, 2.24) is 20.2 Å². The van der Waals surface area contributed by atoms with Gasteiger partial charge in [0.05, 0.1) is 11.3 Å². The summed E-state index contributed by atoms with van der Waals surface area (Å²) in [4.78, 5) is 11.3. The standard InChI is InChI=1S/C14H10N4O3/c19-13-4-2-1-3-12(13)9-5-10(14(20)21)7-11(6-9)18-8-15-16-17-18/h1-8,19H,(H,20,21). The van der Waals surface area contributed by atoms with Crippen LogP contribution in [0.5, 0.6) is 5.75 Å². The molecule has 0 atom stereocenters. The minimum atomic E-state index is -1.07. The lowest BCUT2D eigenvalue weighted by Crippen LogP contribution is -2.02. The molecule has 1 heterocycles. The van der Waals surface area contributed by atoms with Gasteiger partial charge in [0.15, 0.2) is 0 Å². The summed E-state index contributed by atoms with van der Waals surface area (Å²) < 4.78 is 1.36. The first-order valence-corrected chi connectivity index (χ1v) is 6.05. The Bertz CT molecular complexity index is 800. The van der Waals surface area contributed by atoms with E-state index in [9.17, 15) is 15.0 Å². The summed E-state index contributed by atoms with van der Waals surface area (Å²) in [6, 6.07) is 11.4. The molecular formula is C14H10N4O3. The van der Waals surface area contributed by atoms with Gasteiger partial charge in [-0.05, 0) is 40.3 Å². The molecule has 0 radical (unpaired) electrons. The normalized spacial score (nSPS) is 10.5. The predicted molar refractivity (Wildman–Crippen MR) is 73.2 cm³/mol. The molecule has 2 aromatic carbocycles. The highest BCUT2D eigenvalue weighted by atomic mass is 16.4. The monoisotopic (exact) mass is 282 g/mol. The zero-order valence-electron chi connectivity index (χ0n) is 10.7. The van der Waals surface area contributed by atoms with E-state index in [1.807, 2.05) is 0 Å². The molecule has 0 aliphatic rings. The molecule has 0 aliphatic heterocycles. The number of carboxylic acids is 1. The SMILES string of the molecule is O=C(O)c1cc(-c2ccccc2O)cc(-n2cnnn2)c1. The van der Waals surface area contributed by atoms with Crippen LogP contribution in [-0.2, 0) is 0 Å². The molecule has 21 heavy (non-hydrogen) atoms. The fourth-order valence-corrected chi connectivity index (χ4v) is 2.02. The number of phenols is 1. The molecule has 7 nitrogen and oxygen atoms in total. The first-order chi connectivity index (χ1) is 10.1. The number of benzene rings is 2. The number of para-hydroxylation sites is 1. The minimum absolute atomic E-state index is 0.0719. The molecule has 104 valence electrons. The van der Waals surface area contributed by atoms with Crippen LogP contribution in [0, 0.1) is 0 Å². The van der Waals surface area contributed by atoms with Crippen LogP contribution in [0.25, 0.3) is 16.8 Å². The predicted octanol–water partition coefficient (Wildman–Crippen LogP) is 1.73. The molecule has 0 spiro atoms. The number of carbonyl (C=O) groups is 1. The fraction of sp³-hybridized carbons (Fsp3) is 0. The van der Waals surface area contributed by atoms with Crippen LogP contribution in [0.2, 0.25) is 0 Å². The van der Waals surface area contributed by atoms with Crippen molar-refractivity contribution in [2.45, 2.75) is 0 Å². The zero-order chi connectivity index (χ0) is 14.8. The van der Waals surface area contributed by atoms with Gasteiger partial charge in [-0.25, -0.2) is 9.48 Å². The molecule has 0 saturated heterocycles. The van der Waals surface area contributed by atoms with Crippen LogP contribution >= 0.6 is 0 Å². The van der Waals surface area contributed by atoms with E-state index in [1.54, 1.807) is 30.3 Å². The number of hydrogen-bond donors (Lipinski definition) is 2. The Morgan fingerprint density at radius 1 is 1.14 bits per heavy atom. The fourth-order valence-electron chi connectivity index (χ4n) is 2.02. The summed E-state index contributed by atoms with van der Waals surface area (Å²) in [5.74, 6) is -0.996. The third kappa shape index (κ3) is 2.44. The molecule has 0 amide bonds. The van der Waals surface area contributed by atoms with Gasteiger partial charge >= 0.3 is 5.97 Å². The van der Waals surface area contributed by atoms with Crippen molar-refractivity contribution in [3.05, 3.63) is 54.4 Å². The Morgan fingerprint density at radius 3 is 2.62 bits per heavy atom. The van der Waals surface area contributed by atoms with E-state index >= 15 is 0 Å². The molecule has 2 N–H and O–H groups in total. The van der Waals surface area contributed by atoms with E-state index in [0.29, 0.717) is 16.8 Å². The van der Waals surface area contributed by atoms with Gasteiger partial charge in [0, 0.05) is 5.56 Å². The smallest absolute Gasteiger partial charge is 0.335 e. The van der Waals surface area contributed by atoms with E-state index in [1.165, 1.54) is 23.1 Å². The van der Waals surface area contributed by atoms with Crippen molar-refractivity contribution in [3.63, 3.8) is 0 Å². The highest BCUT2D eigenvalue weighted by Gasteiger charge is 2.12. The first kappa shape index (κ1) is 12.8.